The van der Waals surface area contributed by atoms with E-state index in [4.69, 9.17) is 11.6 Å². The Morgan fingerprint density at radius 3 is 2.63 bits per heavy atom. The molecule has 0 aliphatic rings. The molecule has 0 unspecified atom stereocenters. The van der Waals surface area contributed by atoms with Gasteiger partial charge in [-0.05, 0) is 30.3 Å². The van der Waals surface area contributed by atoms with E-state index in [2.05, 4.69) is 4.98 Å². The third kappa shape index (κ3) is 2.00. The molecular weight excluding hydrogens is 267 g/mol. The first-order chi connectivity index (χ1) is 9.19. The molecule has 0 spiro atoms. The molecule has 0 saturated heterocycles. The highest BCUT2D eigenvalue weighted by Crippen LogP contribution is 2.24. The number of carbonyl (C=O) groups excluding carboxylic acids is 1. The summed E-state index contributed by atoms with van der Waals surface area (Å²) in [6.45, 7) is 0. The van der Waals surface area contributed by atoms with Crippen LogP contribution in [0.1, 0.15) is 10.5 Å². The minimum Gasteiger partial charge on any atom is -0.297 e. The van der Waals surface area contributed by atoms with Crippen molar-refractivity contribution in [3.05, 3.63) is 59.1 Å². The maximum atomic E-state index is 12.9. The number of halogens is 2. The largest absolute Gasteiger partial charge is 0.297 e. The van der Waals surface area contributed by atoms with Gasteiger partial charge >= 0.3 is 0 Å². The quantitative estimate of drug-likeness (QED) is 0.669. The van der Waals surface area contributed by atoms with Gasteiger partial charge in [0.2, 0.25) is 0 Å². The Kier molecular flexibility index (Phi) is 2.80. The fourth-order valence-electron chi connectivity index (χ4n) is 1.97. The Bertz CT molecular complexity index is 765. The van der Waals surface area contributed by atoms with E-state index in [1.807, 2.05) is 0 Å². The molecule has 0 radical (unpaired) electrons. The van der Waals surface area contributed by atoms with Gasteiger partial charge in [0, 0.05) is 22.8 Å². The van der Waals surface area contributed by atoms with Crippen LogP contribution in [0, 0.1) is 5.82 Å². The number of pyridine rings is 1. The maximum absolute atomic E-state index is 12.9. The first kappa shape index (κ1) is 11.9. The Morgan fingerprint density at radius 1 is 1.21 bits per heavy atom. The molecule has 1 aromatic carbocycles. The lowest BCUT2D eigenvalue weighted by atomic mass is 10.1. The van der Waals surface area contributed by atoms with Gasteiger partial charge in [-0.3, -0.25) is 9.20 Å². The molecule has 3 nitrogen and oxygen atoms in total. The Balaban J connectivity index is 2.28. The first-order valence-electron chi connectivity index (χ1n) is 5.58. The summed E-state index contributed by atoms with van der Waals surface area (Å²) >= 11 is 5.90. The zero-order valence-electron chi connectivity index (χ0n) is 9.68. The molecular formula is C14H8ClFN2O. The van der Waals surface area contributed by atoms with Crippen molar-refractivity contribution >= 4 is 23.5 Å². The second-order valence-electron chi connectivity index (χ2n) is 4.04. The molecule has 19 heavy (non-hydrogen) atoms. The normalized spacial score (nSPS) is 10.8. The van der Waals surface area contributed by atoms with Gasteiger partial charge in [-0.15, -0.1) is 0 Å². The molecule has 0 saturated carbocycles. The standard InChI is InChI=1S/C14H8ClFN2O/c15-10-5-6-18-12(8-19)14(17-13(18)7-10)9-1-3-11(16)4-2-9/h1-8H. The number of benzene rings is 1. The van der Waals surface area contributed by atoms with Crippen LogP contribution in [0.25, 0.3) is 16.9 Å². The minimum absolute atomic E-state index is 0.330. The van der Waals surface area contributed by atoms with Crippen LogP contribution in [0.4, 0.5) is 4.39 Å². The van der Waals surface area contributed by atoms with Crippen LogP contribution < -0.4 is 0 Å². The molecule has 2 aromatic heterocycles. The van der Waals surface area contributed by atoms with E-state index in [-0.39, 0.29) is 5.82 Å². The molecule has 0 amide bonds. The predicted octanol–water partition coefficient (Wildman–Crippen LogP) is 3.61. The lowest BCUT2D eigenvalue weighted by Crippen LogP contribution is -1.91. The third-order valence-corrected chi connectivity index (χ3v) is 3.09. The predicted molar refractivity (Wildman–Crippen MR) is 71.0 cm³/mol. The van der Waals surface area contributed by atoms with Crippen molar-refractivity contribution in [1.82, 2.24) is 9.38 Å². The zero-order chi connectivity index (χ0) is 13.4. The Labute approximate surface area is 113 Å². The van der Waals surface area contributed by atoms with E-state index >= 15 is 0 Å². The summed E-state index contributed by atoms with van der Waals surface area (Å²) < 4.78 is 14.6. The molecule has 0 N–H and O–H groups in total. The van der Waals surface area contributed by atoms with Crippen LogP contribution in [0.5, 0.6) is 0 Å². The molecule has 2 heterocycles. The minimum atomic E-state index is -0.330. The third-order valence-electron chi connectivity index (χ3n) is 2.85. The van der Waals surface area contributed by atoms with E-state index in [0.29, 0.717) is 27.6 Å². The number of hydrogen-bond donors (Lipinski definition) is 0. The van der Waals surface area contributed by atoms with Gasteiger partial charge < -0.3 is 0 Å². The number of aldehydes is 1. The Morgan fingerprint density at radius 2 is 1.95 bits per heavy atom. The van der Waals surface area contributed by atoms with Gasteiger partial charge in [0.15, 0.2) is 6.29 Å². The van der Waals surface area contributed by atoms with Crippen molar-refractivity contribution in [1.29, 1.82) is 0 Å². The number of fused-ring (bicyclic) bond motifs is 1. The number of imidazole rings is 1. The van der Waals surface area contributed by atoms with Crippen molar-refractivity contribution in [3.63, 3.8) is 0 Å². The van der Waals surface area contributed by atoms with E-state index in [1.54, 1.807) is 34.9 Å². The Hall–Kier alpha value is -2.20. The maximum Gasteiger partial charge on any atom is 0.169 e. The molecule has 0 bridgehead atoms. The fourth-order valence-corrected chi connectivity index (χ4v) is 2.13. The number of carbonyl (C=O) groups is 1. The molecule has 3 aromatic rings. The summed E-state index contributed by atoms with van der Waals surface area (Å²) in [4.78, 5) is 15.6. The highest BCUT2D eigenvalue weighted by atomic mass is 35.5. The van der Waals surface area contributed by atoms with Crippen molar-refractivity contribution in [2.45, 2.75) is 0 Å². The highest BCUT2D eigenvalue weighted by Gasteiger charge is 2.13. The molecule has 0 fully saturated rings. The fraction of sp³-hybridized carbons (Fsp3) is 0. The average Bonchev–Trinajstić information content (AvgIpc) is 2.77. The topological polar surface area (TPSA) is 34.4 Å². The molecule has 0 atom stereocenters. The molecule has 94 valence electrons. The number of hydrogen-bond acceptors (Lipinski definition) is 2. The van der Waals surface area contributed by atoms with Gasteiger partial charge in [-0.25, -0.2) is 9.37 Å². The van der Waals surface area contributed by atoms with Gasteiger partial charge in [0.1, 0.15) is 22.9 Å². The molecule has 5 heteroatoms. The van der Waals surface area contributed by atoms with E-state index in [9.17, 15) is 9.18 Å². The van der Waals surface area contributed by atoms with Gasteiger partial charge in [0.05, 0.1) is 0 Å². The summed E-state index contributed by atoms with van der Waals surface area (Å²) in [5.74, 6) is -0.330. The van der Waals surface area contributed by atoms with E-state index < -0.39 is 0 Å². The lowest BCUT2D eigenvalue weighted by Gasteiger charge is -1.98. The average molecular weight is 275 g/mol. The summed E-state index contributed by atoms with van der Waals surface area (Å²) in [7, 11) is 0. The summed E-state index contributed by atoms with van der Waals surface area (Å²) in [5, 5.41) is 0.542. The molecule has 3 rings (SSSR count). The number of nitrogens with zero attached hydrogens (tertiary/aromatic N) is 2. The van der Waals surface area contributed by atoms with Crippen LogP contribution in [0.2, 0.25) is 5.02 Å². The van der Waals surface area contributed by atoms with Crippen LogP contribution in [0.3, 0.4) is 0 Å². The van der Waals surface area contributed by atoms with Crippen molar-refractivity contribution in [2.24, 2.45) is 0 Å². The van der Waals surface area contributed by atoms with E-state index in [1.165, 1.54) is 12.1 Å². The molecule has 0 aliphatic heterocycles. The summed E-state index contributed by atoms with van der Waals surface area (Å²) in [6, 6.07) is 9.19. The highest BCUT2D eigenvalue weighted by molar-refractivity contribution is 6.30. The number of aromatic nitrogens is 2. The second kappa shape index (κ2) is 4.48. The molecule has 0 aliphatic carbocycles. The van der Waals surface area contributed by atoms with Gasteiger partial charge in [-0.2, -0.15) is 0 Å². The van der Waals surface area contributed by atoms with E-state index in [0.717, 1.165) is 6.29 Å². The SMILES string of the molecule is O=Cc1c(-c2ccc(F)cc2)nc2cc(Cl)ccn12. The van der Waals surface area contributed by atoms with Crippen LogP contribution >= 0.6 is 11.6 Å². The number of rotatable bonds is 2. The van der Waals surface area contributed by atoms with Crippen molar-refractivity contribution in [3.8, 4) is 11.3 Å². The van der Waals surface area contributed by atoms with Crippen molar-refractivity contribution in [2.75, 3.05) is 0 Å². The van der Waals surface area contributed by atoms with Crippen LogP contribution in [-0.4, -0.2) is 15.7 Å². The smallest absolute Gasteiger partial charge is 0.169 e. The van der Waals surface area contributed by atoms with Crippen LogP contribution in [0.15, 0.2) is 42.6 Å². The van der Waals surface area contributed by atoms with Crippen LogP contribution in [-0.2, 0) is 0 Å². The summed E-state index contributed by atoms with van der Waals surface area (Å²) in [6.07, 6.45) is 2.41. The lowest BCUT2D eigenvalue weighted by molar-refractivity contribution is 0.111. The van der Waals surface area contributed by atoms with Gasteiger partial charge in [-0.1, -0.05) is 11.6 Å². The summed E-state index contributed by atoms with van der Waals surface area (Å²) in [5.41, 5.74) is 2.19. The zero-order valence-corrected chi connectivity index (χ0v) is 10.4. The first-order valence-corrected chi connectivity index (χ1v) is 5.95. The van der Waals surface area contributed by atoms with Crippen molar-refractivity contribution < 1.29 is 9.18 Å². The van der Waals surface area contributed by atoms with Gasteiger partial charge in [0.25, 0.3) is 0 Å². The second-order valence-corrected chi connectivity index (χ2v) is 4.48. The monoisotopic (exact) mass is 274 g/mol.